The maximum absolute atomic E-state index is 13.0. The number of nitrogens with zero attached hydrogens (tertiary/aromatic N) is 4. The Morgan fingerprint density at radius 3 is 2.68 bits per heavy atom. The lowest BCUT2D eigenvalue weighted by molar-refractivity contribution is 0.0968. The number of aromatic nitrogens is 3. The summed E-state index contributed by atoms with van der Waals surface area (Å²) >= 11 is 0. The first-order valence-corrected chi connectivity index (χ1v) is 7.99. The number of fused-ring (bicyclic) bond motifs is 1. The second-order valence-electron chi connectivity index (χ2n) is 5.97. The number of rotatable bonds is 5. The fourth-order valence-corrected chi connectivity index (χ4v) is 2.71. The number of carbonyl (C=O) groups is 1. The molecule has 1 atom stereocenters. The number of benzene rings is 1. The highest BCUT2D eigenvalue weighted by Gasteiger charge is 2.29. The molecule has 2 heterocycles. The molecule has 6 heteroatoms. The lowest BCUT2D eigenvalue weighted by atomic mass is 9.99. The number of aryl methyl sites for hydroxylation is 1. The average molecular weight is 334 g/mol. The molecule has 0 saturated carbocycles. The van der Waals surface area contributed by atoms with E-state index in [1.165, 1.54) is 0 Å². The topological polar surface area (TPSA) is 80.8 Å². The van der Waals surface area contributed by atoms with Gasteiger partial charge in [-0.1, -0.05) is 12.1 Å². The molecule has 0 aliphatic heterocycles. The SMILES string of the molecule is CC(C)Oc1ncccc1C(=O)[C@@H](C#N)c1nc2ccccc2n1C. The summed E-state index contributed by atoms with van der Waals surface area (Å²) < 4.78 is 7.40. The lowest BCUT2D eigenvalue weighted by Crippen LogP contribution is -2.18. The molecule has 0 unspecified atom stereocenters. The van der Waals surface area contributed by atoms with Gasteiger partial charge < -0.3 is 9.30 Å². The van der Waals surface area contributed by atoms with E-state index < -0.39 is 5.92 Å². The van der Waals surface area contributed by atoms with Crippen molar-refractivity contribution in [3.63, 3.8) is 0 Å². The van der Waals surface area contributed by atoms with E-state index in [4.69, 9.17) is 4.74 Å². The summed E-state index contributed by atoms with van der Waals surface area (Å²) in [4.78, 5) is 21.6. The molecule has 3 aromatic rings. The van der Waals surface area contributed by atoms with Crippen molar-refractivity contribution in [2.45, 2.75) is 25.9 Å². The second-order valence-corrected chi connectivity index (χ2v) is 5.97. The molecule has 126 valence electrons. The van der Waals surface area contributed by atoms with Crippen molar-refractivity contribution >= 4 is 16.8 Å². The first-order valence-electron chi connectivity index (χ1n) is 7.99. The Bertz CT molecular complexity index is 969. The van der Waals surface area contributed by atoms with Crippen LogP contribution in [0.25, 0.3) is 11.0 Å². The molecule has 0 amide bonds. The van der Waals surface area contributed by atoms with Crippen LogP contribution in [0.3, 0.4) is 0 Å². The third kappa shape index (κ3) is 3.09. The van der Waals surface area contributed by atoms with E-state index in [0.717, 1.165) is 11.0 Å². The number of ketones is 1. The van der Waals surface area contributed by atoms with Gasteiger partial charge in [0, 0.05) is 13.2 Å². The van der Waals surface area contributed by atoms with Crippen LogP contribution in [-0.2, 0) is 7.05 Å². The first-order chi connectivity index (χ1) is 12.0. The Balaban J connectivity index is 2.06. The van der Waals surface area contributed by atoms with Crippen molar-refractivity contribution in [1.82, 2.24) is 14.5 Å². The highest BCUT2D eigenvalue weighted by atomic mass is 16.5. The van der Waals surface area contributed by atoms with Gasteiger partial charge in [-0.25, -0.2) is 9.97 Å². The van der Waals surface area contributed by atoms with Gasteiger partial charge in [0.1, 0.15) is 5.82 Å². The molecule has 0 saturated heterocycles. The van der Waals surface area contributed by atoms with Gasteiger partial charge in [0.25, 0.3) is 0 Å². The van der Waals surface area contributed by atoms with Crippen LogP contribution in [0.4, 0.5) is 0 Å². The molecule has 0 spiro atoms. The van der Waals surface area contributed by atoms with E-state index >= 15 is 0 Å². The van der Waals surface area contributed by atoms with Crippen molar-refractivity contribution < 1.29 is 9.53 Å². The minimum absolute atomic E-state index is 0.127. The smallest absolute Gasteiger partial charge is 0.224 e. The third-order valence-corrected chi connectivity index (χ3v) is 3.86. The number of carbonyl (C=O) groups excluding carboxylic acids is 1. The maximum atomic E-state index is 13.0. The van der Waals surface area contributed by atoms with Crippen LogP contribution in [-0.4, -0.2) is 26.4 Å². The van der Waals surface area contributed by atoms with Crippen LogP contribution in [0.15, 0.2) is 42.6 Å². The summed E-state index contributed by atoms with van der Waals surface area (Å²) in [6.07, 6.45) is 1.43. The van der Waals surface area contributed by atoms with Gasteiger partial charge in [-0.3, -0.25) is 4.79 Å². The number of nitriles is 1. The summed E-state index contributed by atoms with van der Waals surface area (Å²) in [5.41, 5.74) is 1.91. The summed E-state index contributed by atoms with van der Waals surface area (Å²) in [5, 5.41) is 9.65. The molecule has 25 heavy (non-hydrogen) atoms. The quantitative estimate of drug-likeness (QED) is 0.669. The molecule has 0 fully saturated rings. The number of ether oxygens (including phenoxy) is 1. The zero-order valence-corrected chi connectivity index (χ0v) is 14.3. The molecular weight excluding hydrogens is 316 g/mol. The molecule has 2 aromatic heterocycles. The van der Waals surface area contributed by atoms with Gasteiger partial charge in [0.15, 0.2) is 11.7 Å². The first kappa shape index (κ1) is 16.7. The lowest BCUT2D eigenvalue weighted by Gasteiger charge is -2.14. The van der Waals surface area contributed by atoms with Gasteiger partial charge in [0.05, 0.1) is 28.8 Å². The molecular formula is C19H18N4O2. The van der Waals surface area contributed by atoms with Gasteiger partial charge in [-0.2, -0.15) is 5.26 Å². The Kier molecular flexibility index (Phi) is 4.48. The number of hydrogen-bond acceptors (Lipinski definition) is 5. The normalized spacial score (nSPS) is 12.1. The Morgan fingerprint density at radius 1 is 1.24 bits per heavy atom. The molecule has 0 N–H and O–H groups in total. The minimum atomic E-state index is -1.03. The third-order valence-electron chi connectivity index (χ3n) is 3.86. The highest BCUT2D eigenvalue weighted by molar-refractivity contribution is 6.04. The molecule has 0 aliphatic carbocycles. The van der Waals surface area contributed by atoms with Crippen LogP contribution in [0.2, 0.25) is 0 Å². The maximum Gasteiger partial charge on any atom is 0.224 e. The fourth-order valence-electron chi connectivity index (χ4n) is 2.71. The molecule has 0 radical (unpaired) electrons. The Morgan fingerprint density at radius 2 is 2.00 bits per heavy atom. The van der Waals surface area contributed by atoms with Crippen LogP contribution in [0.5, 0.6) is 5.88 Å². The van der Waals surface area contributed by atoms with Crippen LogP contribution < -0.4 is 4.74 Å². The number of para-hydroxylation sites is 2. The highest BCUT2D eigenvalue weighted by Crippen LogP contribution is 2.27. The Labute approximate surface area is 145 Å². The molecule has 1 aromatic carbocycles. The van der Waals surface area contributed by atoms with E-state index in [-0.39, 0.29) is 23.3 Å². The van der Waals surface area contributed by atoms with Gasteiger partial charge in [-0.05, 0) is 38.1 Å². The van der Waals surface area contributed by atoms with Crippen molar-refractivity contribution in [3.8, 4) is 11.9 Å². The molecule has 0 aliphatic rings. The zero-order valence-electron chi connectivity index (χ0n) is 14.3. The summed E-state index contributed by atoms with van der Waals surface area (Å²) in [7, 11) is 1.80. The largest absolute Gasteiger partial charge is 0.474 e. The van der Waals surface area contributed by atoms with E-state index in [2.05, 4.69) is 16.0 Å². The minimum Gasteiger partial charge on any atom is -0.474 e. The number of imidazole rings is 1. The molecule has 3 rings (SSSR count). The van der Waals surface area contributed by atoms with Crippen molar-refractivity contribution in [2.75, 3.05) is 0 Å². The van der Waals surface area contributed by atoms with Crippen molar-refractivity contribution in [1.29, 1.82) is 5.26 Å². The van der Waals surface area contributed by atoms with Gasteiger partial charge in [-0.15, -0.1) is 0 Å². The number of pyridine rings is 1. The zero-order chi connectivity index (χ0) is 18.0. The second kappa shape index (κ2) is 6.73. The van der Waals surface area contributed by atoms with Crippen molar-refractivity contribution in [3.05, 3.63) is 54.0 Å². The van der Waals surface area contributed by atoms with Gasteiger partial charge in [0.2, 0.25) is 5.88 Å². The number of Topliss-reactive ketones (excluding diaryl/α,β-unsaturated/α-hetero) is 1. The van der Waals surface area contributed by atoms with E-state index in [9.17, 15) is 10.1 Å². The molecule has 6 nitrogen and oxygen atoms in total. The number of hydrogen-bond donors (Lipinski definition) is 0. The monoisotopic (exact) mass is 334 g/mol. The van der Waals surface area contributed by atoms with E-state index in [0.29, 0.717) is 5.82 Å². The summed E-state index contributed by atoms with van der Waals surface area (Å²) in [6, 6.07) is 12.9. The Hall–Kier alpha value is -3.20. The molecule has 0 bridgehead atoms. The summed E-state index contributed by atoms with van der Waals surface area (Å²) in [6.45, 7) is 3.71. The van der Waals surface area contributed by atoms with Crippen LogP contribution >= 0.6 is 0 Å². The van der Waals surface area contributed by atoms with E-state index in [1.807, 2.05) is 38.1 Å². The van der Waals surface area contributed by atoms with Crippen molar-refractivity contribution in [2.24, 2.45) is 7.05 Å². The van der Waals surface area contributed by atoms with E-state index in [1.54, 1.807) is 29.9 Å². The van der Waals surface area contributed by atoms with Crippen LogP contribution in [0, 0.1) is 11.3 Å². The predicted molar refractivity (Wildman–Crippen MR) is 93.4 cm³/mol. The fraction of sp³-hybridized carbons (Fsp3) is 0.263. The van der Waals surface area contributed by atoms with Gasteiger partial charge >= 0.3 is 0 Å². The summed E-state index contributed by atoms with van der Waals surface area (Å²) in [5.74, 6) is -0.754. The average Bonchev–Trinajstić information content (AvgIpc) is 2.93. The standard InChI is InChI=1S/C19H18N4O2/c1-12(2)25-19-13(7-6-10-21-19)17(24)14(11-20)18-22-15-8-4-5-9-16(15)23(18)3/h4-10,12,14H,1-3H3/t14-/m1/s1. The predicted octanol–water partition coefficient (Wildman–Crippen LogP) is 3.25. The van der Waals surface area contributed by atoms with Crippen LogP contribution in [0.1, 0.15) is 35.9 Å².